The van der Waals surface area contributed by atoms with Gasteiger partial charge in [-0.3, -0.25) is 0 Å². The predicted molar refractivity (Wildman–Crippen MR) is 270 cm³/mol. The van der Waals surface area contributed by atoms with E-state index >= 15 is 0 Å². The molecule has 2 aliphatic heterocycles. The Morgan fingerprint density at radius 1 is 0.468 bits per heavy atom. The molecule has 2 aliphatic rings. The molecule has 0 aliphatic carbocycles. The van der Waals surface area contributed by atoms with E-state index in [0.717, 1.165) is 16.6 Å². The van der Waals surface area contributed by atoms with Gasteiger partial charge in [-0.25, -0.2) is 0 Å². The molecule has 6 heteroatoms. The van der Waals surface area contributed by atoms with Crippen LogP contribution in [0.2, 0.25) is 0 Å². The van der Waals surface area contributed by atoms with E-state index in [1.165, 1.54) is 118 Å². The van der Waals surface area contributed by atoms with Crippen molar-refractivity contribution >= 4 is 136 Å². The van der Waals surface area contributed by atoms with Gasteiger partial charge in [0.2, 0.25) is 0 Å². The molecule has 6 heterocycles. The second kappa shape index (κ2) is 11.8. The van der Waals surface area contributed by atoms with E-state index in [-0.39, 0.29) is 17.7 Å². The molecule has 0 atom stereocenters. The summed E-state index contributed by atoms with van der Waals surface area (Å²) in [6.45, 7) is 13.7. The van der Waals surface area contributed by atoms with Crippen LogP contribution in [0.25, 0.3) is 101 Å². The van der Waals surface area contributed by atoms with Gasteiger partial charge in [-0.1, -0.05) is 114 Å². The summed E-state index contributed by atoms with van der Waals surface area (Å²) in [5, 5.41) is 10.2. The third-order valence-corrected chi connectivity index (χ3v) is 16.3. The zero-order valence-corrected chi connectivity index (χ0v) is 37.1. The summed E-state index contributed by atoms with van der Waals surface area (Å²) >= 11 is 3.81. The Morgan fingerprint density at radius 3 is 1.85 bits per heavy atom. The summed E-state index contributed by atoms with van der Waals surface area (Å²) < 4.78 is 14.7. The van der Waals surface area contributed by atoms with E-state index in [1.54, 1.807) is 0 Å². The highest BCUT2D eigenvalue weighted by Crippen LogP contribution is 2.50. The molecule has 0 unspecified atom stereocenters. The highest BCUT2D eigenvalue weighted by Gasteiger charge is 2.44. The fourth-order valence-corrected chi connectivity index (χ4v) is 13.2. The Balaban J connectivity index is 1.15. The number of furan rings is 1. The Hall–Kier alpha value is -6.34. The lowest BCUT2D eigenvalue weighted by molar-refractivity contribution is 0.590. The van der Waals surface area contributed by atoms with E-state index < -0.39 is 0 Å². The molecule has 0 fully saturated rings. The van der Waals surface area contributed by atoms with Crippen molar-refractivity contribution < 1.29 is 4.42 Å². The van der Waals surface area contributed by atoms with Crippen molar-refractivity contribution in [3.63, 3.8) is 0 Å². The number of aromatic nitrogens is 1. The predicted octanol–water partition coefficient (Wildman–Crippen LogP) is 15.3. The minimum Gasteiger partial charge on any atom is -0.456 e. The van der Waals surface area contributed by atoms with Crippen molar-refractivity contribution in [2.75, 3.05) is 4.81 Å². The summed E-state index contributed by atoms with van der Waals surface area (Å²) in [4.78, 5) is 2.67. The zero-order chi connectivity index (χ0) is 41.6. The molecule has 0 amide bonds. The molecule has 12 aromatic rings. The van der Waals surface area contributed by atoms with E-state index in [9.17, 15) is 0 Å². The van der Waals surface area contributed by atoms with Crippen LogP contribution in [-0.4, -0.2) is 11.4 Å². The van der Waals surface area contributed by atoms with Crippen molar-refractivity contribution in [2.24, 2.45) is 0 Å². The standard InChI is InChI=1S/C56H41BN2OS2/c1-55(2,3)30-15-18-32(19-16-30)59-45-25-40-39-23-31(56(4,5)6)17-22-47(39)60-48(40)27-37(45)35-20-21-36-38-28-51-42(34-12-8-10-14-50(34)61-51)26-44(38)58-46-29-52-41(33-11-7-9-13-49(33)62-52)24-43(46)57(59)53(35)54(36)58/h7-29H,1-6H3. The normalized spacial score (nSPS) is 13.9. The van der Waals surface area contributed by atoms with Gasteiger partial charge in [0.1, 0.15) is 11.2 Å². The molecule has 0 N–H and O–H groups in total. The molecule has 0 radical (unpaired) electrons. The average Bonchev–Trinajstić information content (AvgIpc) is 4.01. The maximum Gasteiger partial charge on any atom is 0.333 e. The molecule has 8 aromatic carbocycles. The Bertz CT molecular complexity index is 3960. The van der Waals surface area contributed by atoms with Crippen molar-refractivity contribution in [1.82, 2.24) is 4.57 Å². The minimum absolute atomic E-state index is 0.0147. The summed E-state index contributed by atoms with van der Waals surface area (Å²) in [6.07, 6.45) is 0. The van der Waals surface area contributed by atoms with Crippen LogP contribution >= 0.6 is 22.7 Å². The van der Waals surface area contributed by atoms with E-state index in [4.69, 9.17) is 4.42 Å². The molecule has 0 saturated heterocycles. The fourth-order valence-electron chi connectivity index (χ4n) is 11.0. The van der Waals surface area contributed by atoms with Crippen LogP contribution in [0, 0.1) is 0 Å². The Kier molecular flexibility index (Phi) is 6.70. The van der Waals surface area contributed by atoms with Crippen LogP contribution in [0.4, 0.5) is 11.4 Å². The maximum atomic E-state index is 6.78. The lowest BCUT2D eigenvalue weighted by atomic mass is 9.44. The van der Waals surface area contributed by atoms with Crippen LogP contribution in [0.15, 0.2) is 144 Å². The second-order valence-electron chi connectivity index (χ2n) is 19.7. The van der Waals surface area contributed by atoms with Gasteiger partial charge >= 0.3 is 6.85 Å². The molecule has 0 spiro atoms. The highest BCUT2D eigenvalue weighted by molar-refractivity contribution is 7.26. The number of hydrogen-bond donors (Lipinski definition) is 0. The summed E-state index contributed by atoms with van der Waals surface area (Å²) in [5.74, 6) is 0. The number of thiophene rings is 2. The molecule has 3 nitrogen and oxygen atoms in total. The number of nitrogens with zero attached hydrogens (tertiary/aromatic N) is 2. The number of benzene rings is 8. The van der Waals surface area contributed by atoms with Gasteiger partial charge in [0.15, 0.2) is 0 Å². The molecule has 0 bridgehead atoms. The van der Waals surface area contributed by atoms with Crippen molar-refractivity contribution in [3.05, 3.63) is 151 Å². The van der Waals surface area contributed by atoms with Crippen LogP contribution in [0.1, 0.15) is 52.7 Å². The quantitative estimate of drug-likeness (QED) is 0.154. The first kappa shape index (κ1) is 35.3. The zero-order valence-electron chi connectivity index (χ0n) is 35.5. The molecule has 14 rings (SSSR count). The molecule has 62 heavy (non-hydrogen) atoms. The SMILES string of the molecule is CC(C)(C)c1ccc(N2B3c4cc5c(cc4-n4c6cc7c(cc6c6ccc(c3c64)-c3cc4oc6ccc(C(C)(C)C)cc6c4cc32)sc2ccccc27)sc2ccccc25)cc1. The lowest BCUT2D eigenvalue weighted by Gasteiger charge is -2.42. The number of fused-ring (bicyclic) bond motifs is 17. The number of hydrogen-bond acceptors (Lipinski definition) is 4. The third-order valence-electron chi connectivity index (χ3n) is 14.1. The smallest absolute Gasteiger partial charge is 0.333 e. The van der Waals surface area contributed by atoms with Crippen molar-refractivity contribution in [1.29, 1.82) is 0 Å². The lowest BCUT2D eigenvalue weighted by Crippen LogP contribution is -2.60. The fraction of sp³-hybridized carbons (Fsp3) is 0.143. The first-order valence-corrected chi connectivity index (χ1v) is 23.4. The highest BCUT2D eigenvalue weighted by atomic mass is 32.1. The van der Waals surface area contributed by atoms with Gasteiger partial charge in [-0.05, 0) is 105 Å². The van der Waals surface area contributed by atoms with Gasteiger partial charge in [-0.15, -0.1) is 22.7 Å². The Labute approximate surface area is 367 Å². The average molecular weight is 833 g/mol. The van der Waals surface area contributed by atoms with Gasteiger partial charge in [-0.2, -0.15) is 0 Å². The summed E-state index contributed by atoms with van der Waals surface area (Å²) in [5.41, 5.74) is 15.9. The first-order valence-electron chi connectivity index (χ1n) is 21.8. The summed E-state index contributed by atoms with van der Waals surface area (Å²) in [6, 6.07) is 53.6. The minimum atomic E-state index is -0.0840. The maximum absolute atomic E-state index is 6.78. The van der Waals surface area contributed by atoms with Crippen molar-refractivity contribution in [3.8, 4) is 16.8 Å². The molecule has 296 valence electrons. The molecule has 4 aromatic heterocycles. The van der Waals surface area contributed by atoms with Crippen LogP contribution < -0.4 is 15.7 Å². The van der Waals surface area contributed by atoms with E-state index in [0.29, 0.717) is 0 Å². The molecular weight excluding hydrogens is 792 g/mol. The van der Waals surface area contributed by atoms with E-state index in [2.05, 4.69) is 190 Å². The summed E-state index contributed by atoms with van der Waals surface area (Å²) in [7, 11) is 0. The number of anilines is 2. The van der Waals surface area contributed by atoms with E-state index in [1.807, 2.05) is 22.7 Å². The van der Waals surface area contributed by atoms with Gasteiger partial charge < -0.3 is 13.8 Å². The molecular formula is C56H41BN2OS2. The monoisotopic (exact) mass is 832 g/mol. The van der Waals surface area contributed by atoms with Crippen LogP contribution in [0.5, 0.6) is 0 Å². The van der Waals surface area contributed by atoms with Crippen LogP contribution in [0.3, 0.4) is 0 Å². The third kappa shape index (κ3) is 4.61. The number of rotatable bonds is 1. The van der Waals surface area contributed by atoms with Gasteiger partial charge in [0, 0.05) is 84.5 Å². The molecule has 0 saturated carbocycles. The second-order valence-corrected chi connectivity index (χ2v) is 21.9. The van der Waals surface area contributed by atoms with Crippen molar-refractivity contribution in [2.45, 2.75) is 52.4 Å². The topological polar surface area (TPSA) is 21.3 Å². The largest absolute Gasteiger partial charge is 0.456 e. The van der Waals surface area contributed by atoms with Crippen LogP contribution in [-0.2, 0) is 10.8 Å². The Morgan fingerprint density at radius 2 is 1.13 bits per heavy atom. The van der Waals surface area contributed by atoms with Gasteiger partial charge in [0.05, 0.1) is 11.0 Å². The first-order chi connectivity index (χ1) is 30.0. The van der Waals surface area contributed by atoms with Gasteiger partial charge in [0.25, 0.3) is 0 Å².